The Morgan fingerprint density at radius 1 is 1.38 bits per heavy atom. The van der Waals surface area contributed by atoms with Gasteiger partial charge in [-0.15, -0.1) is 0 Å². The molecular formula is C20H24F3N5O. The van der Waals surface area contributed by atoms with Gasteiger partial charge in [-0.3, -0.25) is 0 Å². The van der Waals surface area contributed by atoms with Crippen molar-refractivity contribution >= 4 is 22.1 Å². The zero-order valence-corrected chi connectivity index (χ0v) is 16.2. The molecule has 0 bridgehead atoms. The van der Waals surface area contributed by atoms with Crippen LogP contribution in [-0.2, 0) is 0 Å². The van der Waals surface area contributed by atoms with Crippen molar-refractivity contribution < 1.29 is 18.3 Å². The Kier molecular flexibility index (Phi) is 4.19. The average Bonchev–Trinajstić information content (AvgIpc) is 2.99. The summed E-state index contributed by atoms with van der Waals surface area (Å²) in [5.41, 5.74) is 2.50. The normalized spacial score (nSPS) is 22.9. The highest BCUT2D eigenvalue weighted by Gasteiger charge is 2.56. The molecule has 29 heavy (non-hydrogen) atoms. The minimum atomic E-state index is -4.11. The van der Waals surface area contributed by atoms with Crippen LogP contribution in [0.25, 0.3) is 22.1 Å². The van der Waals surface area contributed by atoms with Gasteiger partial charge >= 0.3 is 6.18 Å². The molecule has 1 saturated heterocycles. The van der Waals surface area contributed by atoms with Crippen molar-refractivity contribution in [2.45, 2.75) is 50.9 Å². The number of hydrogen-bond donors (Lipinski definition) is 2. The predicted molar refractivity (Wildman–Crippen MR) is 102 cm³/mol. The summed E-state index contributed by atoms with van der Waals surface area (Å²) in [6, 6.07) is 2.05. The van der Waals surface area contributed by atoms with Crippen LogP contribution < -0.4 is 0 Å². The fourth-order valence-electron chi connectivity index (χ4n) is 4.95. The number of pyridine rings is 1. The lowest BCUT2D eigenvalue weighted by Crippen LogP contribution is -2.24. The third-order valence-electron chi connectivity index (χ3n) is 6.45. The molecule has 2 N–H and O–H groups in total. The van der Waals surface area contributed by atoms with Crippen molar-refractivity contribution in [3.05, 3.63) is 24.3 Å². The number of aromatic amines is 1. The minimum absolute atomic E-state index is 0.0569. The molecule has 2 aliphatic rings. The molecule has 156 valence electrons. The topological polar surface area (TPSA) is 70.0 Å². The van der Waals surface area contributed by atoms with Gasteiger partial charge in [-0.1, -0.05) is 0 Å². The summed E-state index contributed by atoms with van der Waals surface area (Å²) in [5.74, 6) is 0.601. The fraction of sp³-hybridized carbons (Fsp3) is 0.600. The van der Waals surface area contributed by atoms with Crippen molar-refractivity contribution in [1.29, 1.82) is 0 Å². The number of aliphatic hydroxyl groups excluding tert-OH is 1. The van der Waals surface area contributed by atoms with E-state index in [1.165, 1.54) is 0 Å². The lowest BCUT2D eigenvalue weighted by molar-refractivity contribution is -0.136. The van der Waals surface area contributed by atoms with E-state index in [-0.39, 0.29) is 17.9 Å². The quantitative estimate of drug-likeness (QED) is 0.672. The van der Waals surface area contributed by atoms with Crippen molar-refractivity contribution in [3.63, 3.8) is 0 Å². The van der Waals surface area contributed by atoms with E-state index in [0.29, 0.717) is 18.9 Å². The van der Waals surface area contributed by atoms with Gasteiger partial charge in [-0.2, -0.15) is 13.2 Å². The number of alkyl halides is 3. The minimum Gasteiger partial charge on any atom is -0.385 e. The Hall–Kier alpha value is -2.13. The smallest absolute Gasteiger partial charge is 0.385 e. The monoisotopic (exact) mass is 407 g/mol. The second-order valence-corrected chi connectivity index (χ2v) is 8.58. The van der Waals surface area contributed by atoms with Crippen LogP contribution in [0.15, 0.2) is 18.5 Å². The molecule has 5 rings (SSSR count). The number of nitrogens with one attached hydrogen (secondary N) is 1. The van der Waals surface area contributed by atoms with Gasteiger partial charge in [0.1, 0.15) is 23.1 Å². The number of rotatable bonds is 5. The Balaban J connectivity index is 1.53. The lowest BCUT2D eigenvalue weighted by Gasteiger charge is -2.23. The molecule has 1 aliphatic carbocycles. The average molecular weight is 407 g/mol. The maximum Gasteiger partial charge on any atom is 0.389 e. The summed E-state index contributed by atoms with van der Waals surface area (Å²) >= 11 is 0. The molecule has 1 aliphatic heterocycles. The highest BCUT2D eigenvalue weighted by molar-refractivity contribution is 6.01. The van der Waals surface area contributed by atoms with Gasteiger partial charge in [0.2, 0.25) is 0 Å². The van der Waals surface area contributed by atoms with E-state index in [0.717, 1.165) is 41.5 Å². The first kappa shape index (κ1) is 18.9. The van der Waals surface area contributed by atoms with Crippen molar-refractivity contribution in [1.82, 2.24) is 24.4 Å². The van der Waals surface area contributed by atoms with Crippen LogP contribution in [0.1, 0.15) is 50.6 Å². The number of halogens is 3. The summed E-state index contributed by atoms with van der Waals surface area (Å²) in [4.78, 5) is 14.4. The maximum atomic E-state index is 12.6. The van der Waals surface area contributed by atoms with Crippen LogP contribution in [0.5, 0.6) is 0 Å². The number of imidazole rings is 1. The van der Waals surface area contributed by atoms with Crippen molar-refractivity contribution in [3.8, 4) is 0 Å². The predicted octanol–water partition coefficient (Wildman–Crippen LogP) is 3.95. The first-order chi connectivity index (χ1) is 13.8. The van der Waals surface area contributed by atoms with E-state index in [2.05, 4.69) is 24.4 Å². The van der Waals surface area contributed by atoms with Gasteiger partial charge in [-0.25, -0.2) is 9.97 Å². The zero-order chi connectivity index (χ0) is 20.4. The molecule has 3 aromatic rings. The molecule has 9 heteroatoms. The number of aromatic nitrogens is 4. The number of H-pyrrole nitrogens is 1. The lowest BCUT2D eigenvalue weighted by atomic mass is 10.00. The summed E-state index contributed by atoms with van der Waals surface area (Å²) in [6.45, 7) is 3.62. The molecule has 3 aromatic heterocycles. The highest BCUT2D eigenvalue weighted by Crippen LogP contribution is 2.59. The van der Waals surface area contributed by atoms with Crippen LogP contribution in [-0.4, -0.2) is 55.3 Å². The summed E-state index contributed by atoms with van der Waals surface area (Å²) in [5, 5.41) is 11.4. The van der Waals surface area contributed by atoms with E-state index in [9.17, 15) is 18.3 Å². The Morgan fingerprint density at radius 2 is 2.17 bits per heavy atom. The van der Waals surface area contributed by atoms with Crippen molar-refractivity contribution in [2.75, 3.05) is 19.6 Å². The van der Waals surface area contributed by atoms with Gasteiger partial charge in [0.25, 0.3) is 0 Å². The fourth-order valence-corrected chi connectivity index (χ4v) is 4.95. The largest absolute Gasteiger partial charge is 0.389 e. The number of fused-ring (bicyclic) bond motifs is 3. The van der Waals surface area contributed by atoms with Gasteiger partial charge in [0, 0.05) is 36.5 Å². The molecule has 6 nitrogen and oxygen atoms in total. The second-order valence-electron chi connectivity index (χ2n) is 8.58. The summed E-state index contributed by atoms with van der Waals surface area (Å²) in [7, 11) is 0. The van der Waals surface area contributed by atoms with Gasteiger partial charge in [-0.05, 0) is 38.8 Å². The molecule has 0 aromatic carbocycles. The first-order valence-corrected chi connectivity index (χ1v) is 10.1. The standard InChI is InChI=1S/C20H24F3N5O/c1-12(29)18-26-14-9-25-17-13(3-7-24-17)16(14)28(18)15-10-27(11-19(15)5-6-19)8-2-4-20(21,22)23/h3,7,9,12,15,29H,2,4-6,8,10-11H2,1H3,(H,24,25)/t12?,15-/m1/s1. The van der Waals surface area contributed by atoms with Crippen LogP contribution in [0.3, 0.4) is 0 Å². The Bertz CT molecular complexity index is 1050. The SMILES string of the molecule is CC(O)c1nc2cnc3[nH]ccc3c2n1[C@@H]1CN(CCCC(F)(F)F)CC12CC2. The Labute approximate surface area is 165 Å². The molecule has 1 saturated carbocycles. The number of hydrogen-bond acceptors (Lipinski definition) is 4. The third-order valence-corrected chi connectivity index (χ3v) is 6.45. The molecule has 2 fully saturated rings. The molecular weight excluding hydrogens is 383 g/mol. The van der Waals surface area contributed by atoms with Crippen molar-refractivity contribution in [2.24, 2.45) is 5.41 Å². The molecule has 1 spiro atoms. The van der Waals surface area contributed by atoms with E-state index in [1.807, 2.05) is 12.3 Å². The van der Waals surface area contributed by atoms with E-state index >= 15 is 0 Å². The van der Waals surface area contributed by atoms with Gasteiger partial charge < -0.3 is 19.6 Å². The van der Waals surface area contributed by atoms with Crippen LogP contribution in [0.4, 0.5) is 13.2 Å². The summed E-state index contributed by atoms with van der Waals surface area (Å²) in [6.07, 6.45) is 0.167. The highest BCUT2D eigenvalue weighted by atomic mass is 19.4. The van der Waals surface area contributed by atoms with E-state index < -0.39 is 18.7 Å². The zero-order valence-electron chi connectivity index (χ0n) is 16.2. The van der Waals surface area contributed by atoms with Gasteiger partial charge in [0.05, 0.1) is 17.8 Å². The first-order valence-electron chi connectivity index (χ1n) is 10.1. The summed E-state index contributed by atoms with van der Waals surface area (Å²) < 4.78 is 39.8. The molecule has 0 radical (unpaired) electrons. The maximum absolute atomic E-state index is 12.6. The van der Waals surface area contributed by atoms with Crippen LogP contribution in [0.2, 0.25) is 0 Å². The van der Waals surface area contributed by atoms with Gasteiger partial charge in [0.15, 0.2) is 0 Å². The third kappa shape index (κ3) is 3.20. The molecule has 2 atom stereocenters. The molecule has 1 unspecified atom stereocenters. The number of aliphatic hydroxyl groups is 1. The van der Waals surface area contributed by atoms with E-state index in [1.54, 1.807) is 13.1 Å². The second kappa shape index (κ2) is 6.43. The molecule has 0 amide bonds. The Morgan fingerprint density at radius 3 is 2.86 bits per heavy atom. The van der Waals surface area contributed by atoms with Crippen LogP contribution >= 0.6 is 0 Å². The van der Waals surface area contributed by atoms with E-state index in [4.69, 9.17) is 0 Å². The number of likely N-dealkylation sites (tertiary alicyclic amines) is 1. The molecule has 4 heterocycles. The van der Waals surface area contributed by atoms with Crippen LogP contribution in [0, 0.1) is 5.41 Å². The number of nitrogens with zero attached hydrogens (tertiary/aromatic N) is 4.